The summed E-state index contributed by atoms with van der Waals surface area (Å²) in [4.78, 5) is 4.81. The highest BCUT2D eigenvalue weighted by Crippen LogP contribution is 2.25. The Labute approximate surface area is 125 Å². The molecule has 0 amide bonds. The fraction of sp³-hybridized carbons (Fsp3) is 0.562. The molecule has 2 saturated heterocycles. The lowest BCUT2D eigenvalue weighted by molar-refractivity contribution is -0.0370. The molecule has 2 atom stereocenters. The number of nitrogens with zero attached hydrogens (tertiary/aromatic N) is 3. The monoisotopic (exact) mass is 287 g/mol. The van der Waals surface area contributed by atoms with E-state index in [-0.39, 0.29) is 0 Å². The van der Waals surface area contributed by atoms with Gasteiger partial charge in [-0.1, -0.05) is 6.07 Å². The van der Waals surface area contributed by atoms with Gasteiger partial charge in [0.15, 0.2) is 0 Å². The van der Waals surface area contributed by atoms with Crippen LogP contribution in [0.3, 0.4) is 0 Å². The van der Waals surface area contributed by atoms with Gasteiger partial charge in [-0.2, -0.15) is 5.26 Å². The highest BCUT2D eigenvalue weighted by atomic mass is 16.5. The molecule has 0 saturated carbocycles. The highest BCUT2D eigenvalue weighted by molar-refractivity contribution is 5.45. The Morgan fingerprint density at radius 1 is 1.43 bits per heavy atom. The summed E-state index contributed by atoms with van der Waals surface area (Å²) in [5.41, 5.74) is 1.76. The zero-order valence-corrected chi connectivity index (χ0v) is 12.6. The van der Waals surface area contributed by atoms with Crippen LogP contribution in [-0.2, 0) is 11.3 Å². The van der Waals surface area contributed by atoms with Crippen LogP contribution in [0.2, 0.25) is 0 Å². The molecule has 2 aliphatic rings. The number of morpholine rings is 1. The summed E-state index contributed by atoms with van der Waals surface area (Å²) in [6, 6.07) is 8.45. The number of nitriles is 1. The molecule has 5 heteroatoms. The maximum atomic E-state index is 9.03. The average Bonchev–Trinajstić information content (AvgIpc) is 2.91. The SMILES string of the molecule is COc1cc(CN2C[C@H]3OCCN(C)[C@H]3C2)ccc1C#N. The van der Waals surface area contributed by atoms with Crippen molar-refractivity contribution in [3.05, 3.63) is 29.3 Å². The van der Waals surface area contributed by atoms with Crippen LogP contribution in [0.5, 0.6) is 5.75 Å². The summed E-state index contributed by atoms with van der Waals surface area (Å²) < 4.78 is 11.1. The van der Waals surface area contributed by atoms with Gasteiger partial charge >= 0.3 is 0 Å². The Kier molecular flexibility index (Phi) is 4.11. The lowest BCUT2D eigenvalue weighted by Gasteiger charge is -2.33. The standard InChI is InChI=1S/C16H21N3O2/c1-18-5-6-21-16-11-19(10-14(16)18)9-12-3-4-13(8-17)15(7-12)20-2/h3-4,7,14,16H,5-6,9-11H2,1-2H3/t14-,16+/m0/s1. The van der Waals surface area contributed by atoms with E-state index in [4.69, 9.17) is 14.7 Å². The Morgan fingerprint density at radius 3 is 3.00 bits per heavy atom. The fourth-order valence-corrected chi connectivity index (χ4v) is 3.25. The van der Waals surface area contributed by atoms with Crippen molar-refractivity contribution in [1.29, 1.82) is 5.26 Å². The van der Waals surface area contributed by atoms with Crippen molar-refractivity contribution in [2.24, 2.45) is 0 Å². The number of rotatable bonds is 3. The second-order valence-corrected chi connectivity index (χ2v) is 5.80. The Balaban J connectivity index is 1.69. The van der Waals surface area contributed by atoms with Gasteiger partial charge in [0.2, 0.25) is 0 Å². The molecular weight excluding hydrogens is 266 g/mol. The van der Waals surface area contributed by atoms with Crippen LogP contribution in [0, 0.1) is 11.3 Å². The number of hydrogen-bond donors (Lipinski definition) is 0. The number of hydrogen-bond acceptors (Lipinski definition) is 5. The van der Waals surface area contributed by atoms with Gasteiger partial charge in [-0.15, -0.1) is 0 Å². The molecular formula is C16H21N3O2. The van der Waals surface area contributed by atoms with Crippen LogP contribution in [-0.4, -0.2) is 62.3 Å². The molecule has 2 aliphatic heterocycles. The topological polar surface area (TPSA) is 48.7 Å². The first-order valence-electron chi connectivity index (χ1n) is 7.32. The minimum atomic E-state index is 0.323. The molecule has 2 heterocycles. The van der Waals surface area contributed by atoms with Crippen LogP contribution in [0.25, 0.3) is 0 Å². The van der Waals surface area contributed by atoms with Gasteiger partial charge < -0.3 is 9.47 Å². The lowest BCUT2D eigenvalue weighted by Crippen LogP contribution is -2.48. The maximum Gasteiger partial charge on any atom is 0.136 e. The molecule has 0 aromatic heterocycles. The summed E-state index contributed by atoms with van der Waals surface area (Å²) in [5.74, 6) is 0.653. The summed E-state index contributed by atoms with van der Waals surface area (Å²) >= 11 is 0. The zero-order valence-electron chi connectivity index (χ0n) is 12.6. The lowest BCUT2D eigenvalue weighted by atomic mass is 10.1. The third kappa shape index (κ3) is 2.88. The van der Waals surface area contributed by atoms with Crippen molar-refractivity contribution in [3.63, 3.8) is 0 Å². The van der Waals surface area contributed by atoms with Gasteiger partial charge in [-0.05, 0) is 24.7 Å². The van der Waals surface area contributed by atoms with Crippen LogP contribution in [0.4, 0.5) is 0 Å². The number of benzene rings is 1. The summed E-state index contributed by atoms with van der Waals surface area (Å²) in [6.07, 6.45) is 0.323. The summed E-state index contributed by atoms with van der Waals surface area (Å²) in [7, 11) is 3.78. The predicted molar refractivity (Wildman–Crippen MR) is 79.1 cm³/mol. The first-order chi connectivity index (χ1) is 10.2. The van der Waals surface area contributed by atoms with Crippen molar-refractivity contribution in [2.75, 3.05) is 40.4 Å². The number of ether oxygens (including phenoxy) is 2. The molecule has 0 bridgehead atoms. The molecule has 3 rings (SSSR count). The minimum Gasteiger partial charge on any atom is -0.495 e. The van der Waals surface area contributed by atoms with Gasteiger partial charge in [-0.3, -0.25) is 9.80 Å². The van der Waals surface area contributed by atoms with Gasteiger partial charge in [0, 0.05) is 32.2 Å². The van der Waals surface area contributed by atoms with E-state index in [0.29, 0.717) is 23.5 Å². The molecule has 0 N–H and O–H groups in total. The smallest absolute Gasteiger partial charge is 0.136 e. The van der Waals surface area contributed by atoms with E-state index in [1.807, 2.05) is 18.2 Å². The van der Waals surface area contributed by atoms with Crippen molar-refractivity contribution in [1.82, 2.24) is 9.80 Å². The molecule has 0 radical (unpaired) electrons. The first-order valence-corrected chi connectivity index (χ1v) is 7.32. The minimum absolute atomic E-state index is 0.323. The molecule has 1 aromatic carbocycles. The van der Waals surface area contributed by atoms with Crippen LogP contribution >= 0.6 is 0 Å². The second-order valence-electron chi connectivity index (χ2n) is 5.80. The quantitative estimate of drug-likeness (QED) is 0.832. The maximum absolute atomic E-state index is 9.03. The Hall–Kier alpha value is -1.61. The molecule has 0 aliphatic carbocycles. The summed E-state index contributed by atoms with van der Waals surface area (Å²) in [5, 5.41) is 9.03. The van der Waals surface area contributed by atoms with E-state index in [1.54, 1.807) is 7.11 Å². The molecule has 1 aromatic rings. The van der Waals surface area contributed by atoms with E-state index < -0.39 is 0 Å². The molecule has 0 unspecified atom stereocenters. The van der Waals surface area contributed by atoms with E-state index in [2.05, 4.69) is 22.9 Å². The Morgan fingerprint density at radius 2 is 2.29 bits per heavy atom. The largest absolute Gasteiger partial charge is 0.495 e. The summed E-state index contributed by atoms with van der Waals surface area (Å²) in [6.45, 7) is 4.71. The highest BCUT2D eigenvalue weighted by Gasteiger charge is 2.38. The van der Waals surface area contributed by atoms with Gasteiger partial charge in [0.05, 0.1) is 25.4 Å². The zero-order chi connectivity index (χ0) is 14.8. The predicted octanol–water partition coefficient (Wildman–Crippen LogP) is 1.08. The average molecular weight is 287 g/mol. The van der Waals surface area contributed by atoms with Crippen molar-refractivity contribution in [3.8, 4) is 11.8 Å². The van der Waals surface area contributed by atoms with E-state index >= 15 is 0 Å². The van der Waals surface area contributed by atoms with Gasteiger partial charge in [0.25, 0.3) is 0 Å². The van der Waals surface area contributed by atoms with Gasteiger partial charge in [0.1, 0.15) is 11.8 Å². The van der Waals surface area contributed by atoms with Crippen molar-refractivity contribution < 1.29 is 9.47 Å². The van der Waals surface area contributed by atoms with E-state index in [9.17, 15) is 0 Å². The first kappa shape index (κ1) is 14.3. The second kappa shape index (κ2) is 6.02. The third-order valence-corrected chi connectivity index (χ3v) is 4.45. The van der Waals surface area contributed by atoms with Crippen molar-refractivity contribution >= 4 is 0 Å². The third-order valence-electron chi connectivity index (χ3n) is 4.45. The molecule has 5 nitrogen and oxygen atoms in total. The normalized spacial score (nSPS) is 26.3. The number of likely N-dealkylation sites (tertiary alicyclic amines) is 1. The van der Waals surface area contributed by atoms with Crippen LogP contribution in [0.1, 0.15) is 11.1 Å². The van der Waals surface area contributed by atoms with E-state index in [1.165, 1.54) is 5.56 Å². The van der Waals surface area contributed by atoms with Crippen molar-refractivity contribution in [2.45, 2.75) is 18.7 Å². The van der Waals surface area contributed by atoms with E-state index in [0.717, 1.165) is 32.8 Å². The van der Waals surface area contributed by atoms with Gasteiger partial charge in [-0.25, -0.2) is 0 Å². The molecule has 21 heavy (non-hydrogen) atoms. The van der Waals surface area contributed by atoms with Crippen LogP contribution < -0.4 is 4.74 Å². The fourth-order valence-electron chi connectivity index (χ4n) is 3.25. The molecule has 0 spiro atoms. The molecule has 112 valence electrons. The Bertz CT molecular complexity index is 555. The number of fused-ring (bicyclic) bond motifs is 1. The number of likely N-dealkylation sites (N-methyl/N-ethyl adjacent to an activating group) is 1. The number of methoxy groups -OCH3 is 1. The molecule has 2 fully saturated rings. The van der Waals surface area contributed by atoms with Crippen LogP contribution in [0.15, 0.2) is 18.2 Å².